The fourth-order valence-electron chi connectivity index (χ4n) is 0.784. The van der Waals surface area contributed by atoms with E-state index in [1.165, 1.54) is 6.07 Å². The van der Waals surface area contributed by atoms with E-state index in [1.807, 2.05) is 0 Å². The summed E-state index contributed by atoms with van der Waals surface area (Å²) in [6.45, 7) is 0. The first-order chi connectivity index (χ1) is 6.20. The molecule has 1 N–H and O–H groups in total. The van der Waals surface area contributed by atoms with E-state index in [4.69, 9.17) is 10.3 Å². The van der Waals surface area contributed by atoms with Crippen molar-refractivity contribution in [2.24, 2.45) is 0 Å². The van der Waals surface area contributed by atoms with Gasteiger partial charge in [-0.25, -0.2) is 8.78 Å². The summed E-state index contributed by atoms with van der Waals surface area (Å²) >= 11 is 0. The van der Waals surface area contributed by atoms with Crippen LogP contribution in [-0.2, 0) is 0 Å². The van der Waals surface area contributed by atoms with Crippen LogP contribution >= 0.6 is 0 Å². The first-order valence-corrected chi connectivity index (χ1v) is 3.21. The molecule has 0 aliphatic rings. The van der Waals surface area contributed by atoms with Gasteiger partial charge in [-0.05, 0) is 12.1 Å². The fourth-order valence-corrected chi connectivity index (χ4v) is 0.784. The highest BCUT2D eigenvalue weighted by Gasteiger charge is 2.13. The van der Waals surface area contributed by atoms with Crippen molar-refractivity contribution in [3.8, 4) is 11.8 Å². The number of hydrogen-bond donors (Lipinski definition) is 1. The van der Waals surface area contributed by atoms with Gasteiger partial charge in [-0.15, -0.1) is 0 Å². The van der Waals surface area contributed by atoms with Crippen molar-refractivity contribution in [1.82, 2.24) is 0 Å². The molecule has 13 heavy (non-hydrogen) atoms. The number of nitrogens with zero attached hydrogens (tertiary/aromatic N) is 1. The van der Waals surface area contributed by atoms with Gasteiger partial charge in [0.2, 0.25) is 0 Å². The molecule has 6 heteroatoms. The molecule has 1 aromatic rings. The standard InChI is InChI=1S/C7H3BF2NO2/c9-5-1-2-6(13-8-12)7(10)4(5)3-11/h1-2,12H. The molecule has 0 unspecified atom stereocenters. The molecular weight excluding hydrogens is 179 g/mol. The zero-order valence-corrected chi connectivity index (χ0v) is 6.29. The Balaban J connectivity index is 3.21. The molecule has 0 heterocycles. The van der Waals surface area contributed by atoms with Crippen LogP contribution in [0.4, 0.5) is 8.78 Å². The lowest BCUT2D eigenvalue weighted by atomic mass is 10.2. The van der Waals surface area contributed by atoms with E-state index < -0.39 is 22.9 Å². The Morgan fingerprint density at radius 1 is 1.46 bits per heavy atom. The second kappa shape index (κ2) is 3.87. The number of halogens is 2. The molecule has 65 valence electrons. The molecule has 0 saturated heterocycles. The molecule has 3 nitrogen and oxygen atoms in total. The van der Waals surface area contributed by atoms with E-state index in [9.17, 15) is 8.78 Å². The Kier molecular flexibility index (Phi) is 2.82. The predicted octanol–water partition coefficient (Wildman–Crippen LogP) is 0.742. The molecule has 0 bridgehead atoms. The third-order valence-electron chi connectivity index (χ3n) is 1.35. The van der Waals surface area contributed by atoms with E-state index in [1.54, 1.807) is 0 Å². The molecule has 0 aliphatic heterocycles. The Morgan fingerprint density at radius 2 is 2.15 bits per heavy atom. The molecule has 1 rings (SSSR count). The summed E-state index contributed by atoms with van der Waals surface area (Å²) in [7, 11) is 0.247. The van der Waals surface area contributed by atoms with Crippen LogP contribution in [0.25, 0.3) is 0 Å². The fraction of sp³-hybridized carbons (Fsp3) is 0. The minimum Gasteiger partial charge on any atom is -0.535 e. The molecule has 1 aromatic carbocycles. The molecule has 0 spiro atoms. The average Bonchev–Trinajstić information content (AvgIpc) is 2.11. The topological polar surface area (TPSA) is 53.2 Å². The van der Waals surface area contributed by atoms with Gasteiger partial charge in [0.25, 0.3) is 0 Å². The van der Waals surface area contributed by atoms with Gasteiger partial charge in [-0.3, -0.25) is 0 Å². The predicted molar refractivity (Wildman–Crippen MR) is 39.7 cm³/mol. The van der Waals surface area contributed by atoms with Crippen LogP contribution in [0.5, 0.6) is 5.75 Å². The Labute approximate surface area is 73.5 Å². The molecule has 0 fully saturated rings. The first kappa shape index (κ1) is 9.48. The molecular formula is C7H3BF2NO2. The summed E-state index contributed by atoms with van der Waals surface area (Å²) in [5, 5.41) is 16.5. The van der Waals surface area contributed by atoms with Crippen molar-refractivity contribution >= 4 is 7.69 Å². The molecule has 0 amide bonds. The highest BCUT2D eigenvalue weighted by Crippen LogP contribution is 2.21. The summed E-state index contributed by atoms with van der Waals surface area (Å²) < 4.78 is 30.0. The first-order valence-electron chi connectivity index (χ1n) is 3.21. The summed E-state index contributed by atoms with van der Waals surface area (Å²) in [5.74, 6) is -2.50. The van der Waals surface area contributed by atoms with E-state index in [-0.39, 0.29) is 7.69 Å². The maximum Gasteiger partial charge on any atom is 0.569 e. The SMILES string of the molecule is N#Cc1c(F)ccc(O[B]O)c1F. The third-order valence-corrected chi connectivity index (χ3v) is 1.35. The van der Waals surface area contributed by atoms with E-state index >= 15 is 0 Å². The van der Waals surface area contributed by atoms with Gasteiger partial charge < -0.3 is 9.68 Å². The Bertz CT molecular complexity index is 364. The number of hydrogen-bond acceptors (Lipinski definition) is 3. The molecule has 0 saturated carbocycles. The van der Waals surface area contributed by atoms with Crippen molar-refractivity contribution in [1.29, 1.82) is 5.26 Å². The summed E-state index contributed by atoms with van der Waals surface area (Å²) in [4.78, 5) is 0. The van der Waals surface area contributed by atoms with Crippen LogP contribution in [-0.4, -0.2) is 12.7 Å². The third kappa shape index (κ3) is 1.76. The highest BCUT2D eigenvalue weighted by atomic mass is 19.1. The quantitative estimate of drug-likeness (QED) is 0.686. The van der Waals surface area contributed by atoms with Crippen LogP contribution < -0.4 is 4.65 Å². The van der Waals surface area contributed by atoms with Gasteiger partial charge in [-0.1, -0.05) is 0 Å². The van der Waals surface area contributed by atoms with Crippen molar-refractivity contribution in [2.45, 2.75) is 0 Å². The second-order valence-electron chi connectivity index (χ2n) is 2.07. The molecule has 1 radical (unpaired) electrons. The molecule has 0 aliphatic carbocycles. The summed E-state index contributed by atoms with van der Waals surface area (Å²) in [6.07, 6.45) is 0. The monoisotopic (exact) mass is 182 g/mol. The van der Waals surface area contributed by atoms with Crippen molar-refractivity contribution < 1.29 is 18.5 Å². The molecule has 0 atom stereocenters. The minimum atomic E-state index is -1.13. The van der Waals surface area contributed by atoms with Crippen LogP contribution in [0.3, 0.4) is 0 Å². The van der Waals surface area contributed by atoms with E-state index in [2.05, 4.69) is 4.65 Å². The number of benzene rings is 1. The van der Waals surface area contributed by atoms with Crippen molar-refractivity contribution in [3.63, 3.8) is 0 Å². The normalized spacial score (nSPS) is 9.08. The Morgan fingerprint density at radius 3 is 2.69 bits per heavy atom. The number of nitriles is 1. The van der Waals surface area contributed by atoms with Crippen LogP contribution in [0.2, 0.25) is 0 Å². The second-order valence-corrected chi connectivity index (χ2v) is 2.07. The van der Waals surface area contributed by atoms with E-state index in [0.717, 1.165) is 12.1 Å². The van der Waals surface area contributed by atoms with Crippen molar-refractivity contribution in [3.05, 3.63) is 29.3 Å². The van der Waals surface area contributed by atoms with Gasteiger partial charge in [0.1, 0.15) is 23.2 Å². The van der Waals surface area contributed by atoms with Gasteiger partial charge in [0, 0.05) is 0 Å². The lowest BCUT2D eigenvalue weighted by molar-refractivity contribution is 0.428. The maximum absolute atomic E-state index is 13.0. The van der Waals surface area contributed by atoms with Gasteiger partial charge in [-0.2, -0.15) is 5.26 Å². The summed E-state index contributed by atoms with van der Waals surface area (Å²) in [6, 6.07) is 3.18. The van der Waals surface area contributed by atoms with Crippen LogP contribution in [0.15, 0.2) is 12.1 Å². The zero-order chi connectivity index (χ0) is 9.84. The zero-order valence-electron chi connectivity index (χ0n) is 6.29. The van der Waals surface area contributed by atoms with Gasteiger partial charge in [0.05, 0.1) is 0 Å². The van der Waals surface area contributed by atoms with E-state index in [0.29, 0.717) is 0 Å². The lowest BCUT2D eigenvalue weighted by Crippen LogP contribution is -2.03. The summed E-state index contributed by atoms with van der Waals surface area (Å²) in [5.41, 5.74) is -0.737. The number of rotatable bonds is 2. The van der Waals surface area contributed by atoms with Gasteiger partial charge >= 0.3 is 7.69 Å². The maximum atomic E-state index is 13.0. The van der Waals surface area contributed by atoms with Crippen molar-refractivity contribution in [2.75, 3.05) is 0 Å². The van der Waals surface area contributed by atoms with Crippen LogP contribution in [0, 0.1) is 23.0 Å². The van der Waals surface area contributed by atoms with Crippen LogP contribution in [0.1, 0.15) is 5.56 Å². The highest BCUT2D eigenvalue weighted by molar-refractivity contribution is 6.17. The smallest absolute Gasteiger partial charge is 0.535 e. The van der Waals surface area contributed by atoms with Gasteiger partial charge in [0.15, 0.2) is 5.82 Å². The average molecular weight is 182 g/mol. The lowest BCUT2D eigenvalue weighted by Gasteiger charge is -2.03. The largest absolute Gasteiger partial charge is 0.569 e. The Hall–Kier alpha value is -1.61. The molecule has 0 aromatic heterocycles. The minimum absolute atomic E-state index is 0.247.